The van der Waals surface area contributed by atoms with Gasteiger partial charge in [-0.2, -0.15) is 5.10 Å². The summed E-state index contributed by atoms with van der Waals surface area (Å²) in [6.45, 7) is 8.16. The maximum atomic E-state index is 13.2. The molecule has 2 rings (SSSR count). The molecule has 0 amide bonds. The van der Waals surface area contributed by atoms with Gasteiger partial charge in [0.2, 0.25) is 5.88 Å². The number of hydrogen-bond acceptors (Lipinski definition) is 3. The molecule has 1 aromatic heterocycles. The molecule has 0 bridgehead atoms. The molecule has 0 aliphatic rings. The van der Waals surface area contributed by atoms with Gasteiger partial charge in [0.1, 0.15) is 5.82 Å². The largest absolute Gasteiger partial charge is 0.407 e. The smallest absolute Gasteiger partial charge is 0.315 e. The Hall–Kier alpha value is -2.17. The molecule has 136 valence electrons. The zero-order valence-electron chi connectivity index (χ0n) is 15.5. The highest BCUT2D eigenvalue weighted by Gasteiger charge is 2.22. The zero-order valence-corrected chi connectivity index (χ0v) is 15.5. The molecule has 25 heavy (non-hydrogen) atoms. The van der Waals surface area contributed by atoms with Crippen LogP contribution in [0.5, 0.6) is 5.88 Å². The minimum absolute atomic E-state index is 0.112. The van der Waals surface area contributed by atoms with Gasteiger partial charge in [-0.25, -0.2) is 9.07 Å². The summed E-state index contributed by atoms with van der Waals surface area (Å²) in [5, 5.41) is 4.53. The van der Waals surface area contributed by atoms with Crippen LogP contribution in [0.25, 0.3) is 5.69 Å². The Labute approximate surface area is 149 Å². The van der Waals surface area contributed by atoms with E-state index in [1.807, 2.05) is 20.8 Å². The molecule has 0 aliphatic heterocycles. The number of carbonyl (C=O) groups is 1. The first-order valence-corrected chi connectivity index (χ1v) is 9.03. The molecule has 2 aromatic rings. The lowest BCUT2D eigenvalue weighted by Crippen LogP contribution is -2.21. The molecule has 0 N–H and O–H groups in total. The fourth-order valence-corrected chi connectivity index (χ4v) is 2.63. The van der Waals surface area contributed by atoms with E-state index in [4.69, 9.17) is 4.74 Å². The van der Waals surface area contributed by atoms with Crippen molar-refractivity contribution in [3.63, 3.8) is 0 Å². The first kappa shape index (κ1) is 19.2. The van der Waals surface area contributed by atoms with Gasteiger partial charge in [0, 0.05) is 6.07 Å². The predicted molar refractivity (Wildman–Crippen MR) is 96.6 cm³/mol. The Balaban J connectivity index is 2.29. The highest BCUT2D eigenvalue weighted by Crippen LogP contribution is 2.26. The van der Waals surface area contributed by atoms with E-state index in [0.29, 0.717) is 11.6 Å². The Morgan fingerprint density at radius 3 is 2.48 bits per heavy atom. The van der Waals surface area contributed by atoms with Crippen molar-refractivity contribution in [2.75, 3.05) is 0 Å². The number of unbranched alkanes of at least 4 members (excludes halogenated alkanes) is 1. The molecule has 4 nitrogen and oxygen atoms in total. The van der Waals surface area contributed by atoms with E-state index in [1.54, 1.807) is 22.9 Å². The number of nitrogens with zero attached hydrogens (tertiary/aromatic N) is 2. The van der Waals surface area contributed by atoms with E-state index in [1.165, 1.54) is 12.1 Å². The van der Waals surface area contributed by atoms with Crippen LogP contribution in [0.4, 0.5) is 4.39 Å². The van der Waals surface area contributed by atoms with Crippen LogP contribution in [-0.4, -0.2) is 15.7 Å². The molecule has 0 radical (unpaired) electrons. The average molecular weight is 346 g/mol. The summed E-state index contributed by atoms with van der Waals surface area (Å²) in [5.41, 5.74) is 1.49. The van der Waals surface area contributed by atoms with Gasteiger partial charge >= 0.3 is 5.97 Å². The van der Waals surface area contributed by atoms with E-state index in [2.05, 4.69) is 12.0 Å². The molecule has 0 fully saturated rings. The molecule has 0 spiro atoms. The van der Waals surface area contributed by atoms with Crippen LogP contribution in [0.2, 0.25) is 0 Å². The van der Waals surface area contributed by atoms with Crippen molar-refractivity contribution < 1.29 is 13.9 Å². The van der Waals surface area contributed by atoms with E-state index < -0.39 is 0 Å². The predicted octanol–water partition coefficient (Wildman–Crippen LogP) is 5.26. The Morgan fingerprint density at radius 2 is 1.92 bits per heavy atom. The van der Waals surface area contributed by atoms with Gasteiger partial charge in [-0.05, 0) is 43.0 Å². The summed E-state index contributed by atoms with van der Waals surface area (Å²) in [6.07, 6.45) is 3.63. The SMILES string of the molecule is CCCCC(CC)C(=O)Oc1cc(C(C)C)nn1-c1ccc(F)cc1. The maximum absolute atomic E-state index is 13.2. The minimum Gasteiger partial charge on any atom is -0.407 e. The van der Waals surface area contributed by atoms with Crippen LogP contribution in [0.15, 0.2) is 30.3 Å². The van der Waals surface area contributed by atoms with E-state index in [9.17, 15) is 9.18 Å². The maximum Gasteiger partial charge on any atom is 0.315 e. The number of halogens is 1. The fraction of sp³-hybridized carbons (Fsp3) is 0.500. The van der Waals surface area contributed by atoms with Crippen molar-refractivity contribution >= 4 is 5.97 Å². The molecular weight excluding hydrogens is 319 g/mol. The zero-order chi connectivity index (χ0) is 18.4. The molecule has 0 saturated heterocycles. The highest BCUT2D eigenvalue weighted by atomic mass is 19.1. The third kappa shape index (κ3) is 4.91. The molecule has 1 unspecified atom stereocenters. The van der Waals surface area contributed by atoms with Gasteiger partial charge in [0.25, 0.3) is 0 Å². The summed E-state index contributed by atoms with van der Waals surface area (Å²) in [7, 11) is 0. The van der Waals surface area contributed by atoms with Gasteiger partial charge in [0.15, 0.2) is 0 Å². The lowest BCUT2D eigenvalue weighted by Gasteiger charge is -2.14. The number of ether oxygens (including phenoxy) is 1. The van der Waals surface area contributed by atoms with Crippen molar-refractivity contribution in [3.05, 3.63) is 41.8 Å². The summed E-state index contributed by atoms with van der Waals surface area (Å²) in [5.74, 6) is -0.0749. The number of carbonyl (C=O) groups excluding carboxylic acids is 1. The second-order valence-corrected chi connectivity index (χ2v) is 6.62. The molecule has 1 atom stereocenters. The van der Waals surface area contributed by atoms with Crippen LogP contribution in [-0.2, 0) is 4.79 Å². The molecular formula is C20H27FN2O2. The van der Waals surface area contributed by atoms with Crippen LogP contribution in [0, 0.1) is 11.7 Å². The normalized spacial score (nSPS) is 12.4. The quantitative estimate of drug-likeness (QED) is 0.613. The summed E-state index contributed by atoms with van der Waals surface area (Å²) in [4.78, 5) is 12.5. The number of hydrogen-bond donors (Lipinski definition) is 0. The van der Waals surface area contributed by atoms with Crippen molar-refractivity contribution in [1.29, 1.82) is 0 Å². The van der Waals surface area contributed by atoms with Gasteiger partial charge in [-0.3, -0.25) is 4.79 Å². The van der Waals surface area contributed by atoms with Gasteiger partial charge in [-0.1, -0.05) is 40.5 Å². The van der Waals surface area contributed by atoms with Gasteiger partial charge in [-0.15, -0.1) is 0 Å². The first-order valence-electron chi connectivity index (χ1n) is 9.03. The molecule has 1 aromatic carbocycles. The second-order valence-electron chi connectivity index (χ2n) is 6.62. The second kappa shape index (κ2) is 8.79. The van der Waals surface area contributed by atoms with Crippen molar-refractivity contribution in [1.82, 2.24) is 9.78 Å². The van der Waals surface area contributed by atoms with E-state index in [-0.39, 0.29) is 23.6 Å². The Bertz CT molecular complexity index is 692. The fourth-order valence-electron chi connectivity index (χ4n) is 2.63. The molecule has 0 aliphatic carbocycles. The summed E-state index contributed by atoms with van der Waals surface area (Å²) >= 11 is 0. The highest BCUT2D eigenvalue weighted by molar-refractivity contribution is 5.74. The lowest BCUT2D eigenvalue weighted by atomic mass is 10.00. The van der Waals surface area contributed by atoms with Crippen LogP contribution in [0.3, 0.4) is 0 Å². The summed E-state index contributed by atoms with van der Waals surface area (Å²) < 4.78 is 20.4. The molecule has 1 heterocycles. The third-order valence-electron chi connectivity index (χ3n) is 4.30. The van der Waals surface area contributed by atoms with Crippen LogP contribution >= 0.6 is 0 Å². The van der Waals surface area contributed by atoms with Crippen LogP contribution < -0.4 is 4.74 Å². The first-order chi connectivity index (χ1) is 12.0. The number of aromatic nitrogens is 2. The third-order valence-corrected chi connectivity index (χ3v) is 4.30. The lowest BCUT2D eigenvalue weighted by molar-refractivity contribution is -0.139. The molecule has 5 heteroatoms. The van der Waals surface area contributed by atoms with E-state index >= 15 is 0 Å². The Morgan fingerprint density at radius 1 is 1.24 bits per heavy atom. The monoisotopic (exact) mass is 346 g/mol. The molecule has 0 saturated carbocycles. The minimum atomic E-state index is -0.316. The topological polar surface area (TPSA) is 44.1 Å². The van der Waals surface area contributed by atoms with Crippen molar-refractivity contribution in [2.24, 2.45) is 5.92 Å². The Kier molecular flexibility index (Phi) is 6.73. The standard InChI is InChI=1S/C20H27FN2O2/c1-5-7-8-15(6-2)20(24)25-19-13-18(14(3)4)22-23(19)17-11-9-16(21)10-12-17/h9-15H,5-8H2,1-4H3. The number of rotatable bonds is 8. The summed E-state index contributed by atoms with van der Waals surface area (Å²) in [6, 6.07) is 7.77. The van der Waals surface area contributed by atoms with Crippen LogP contribution in [0.1, 0.15) is 65.0 Å². The van der Waals surface area contributed by atoms with E-state index in [0.717, 1.165) is 31.4 Å². The number of benzene rings is 1. The average Bonchev–Trinajstić information content (AvgIpc) is 3.00. The van der Waals surface area contributed by atoms with Crippen molar-refractivity contribution in [3.8, 4) is 11.6 Å². The van der Waals surface area contributed by atoms with Gasteiger partial charge < -0.3 is 4.74 Å². The van der Waals surface area contributed by atoms with Crippen molar-refractivity contribution in [2.45, 2.75) is 59.3 Å². The number of esters is 1. The van der Waals surface area contributed by atoms with Gasteiger partial charge in [0.05, 0.1) is 17.3 Å².